The summed E-state index contributed by atoms with van der Waals surface area (Å²) >= 11 is 0. The van der Waals surface area contributed by atoms with Crippen molar-refractivity contribution in [2.24, 2.45) is 0 Å². The van der Waals surface area contributed by atoms with Crippen LogP contribution in [0.1, 0.15) is 17.2 Å². The van der Waals surface area contributed by atoms with Crippen molar-refractivity contribution in [3.63, 3.8) is 0 Å². The van der Waals surface area contributed by atoms with Crippen LogP contribution in [0, 0.1) is 0 Å². The Kier molecular flexibility index (Phi) is 6.11. The summed E-state index contributed by atoms with van der Waals surface area (Å²) in [6.07, 6.45) is 1.10. The number of rotatable bonds is 7. The topological polar surface area (TPSA) is 66.5 Å². The van der Waals surface area contributed by atoms with E-state index in [4.69, 9.17) is 0 Å². The van der Waals surface area contributed by atoms with E-state index in [2.05, 4.69) is 5.32 Å². The van der Waals surface area contributed by atoms with Crippen molar-refractivity contribution < 1.29 is 13.2 Å². The van der Waals surface area contributed by atoms with Gasteiger partial charge in [-0.25, -0.2) is 8.42 Å². The molecule has 3 rings (SSSR count). The Balaban J connectivity index is 1.85. The van der Waals surface area contributed by atoms with Crippen LogP contribution in [-0.4, -0.2) is 27.1 Å². The lowest BCUT2D eigenvalue weighted by atomic mass is 9.99. The van der Waals surface area contributed by atoms with E-state index in [1.807, 2.05) is 60.7 Å². The van der Waals surface area contributed by atoms with Gasteiger partial charge in [-0.05, 0) is 23.3 Å². The molecule has 3 aromatic rings. The predicted octanol–water partition coefficient (Wildman–Crippen LogP) is 3.36. The molecular weight excluding hydrogens is 372 g/mol. The van der Waals surface area contributed by atoms with E-state index >= 15 is 0 Å². The summed E-state index contributed by atoms with van der Waals surface area (Å²) in [5.74, 6) is -0.382. The summed E-state index contributed by atoms with van der Waals surface area (Å²) in [4.78, 5) is 12.8. The van der Waals surface area contributed by atoms with Gasteiger partial charge in [-0.2, -0.15) is 0 Å². The summed E-state index contributed by atoms with van der Waals surface area (Å²) in [7, 11) is -3.61. The molecule has 0 heterocycles. The standard InChI is InChI=1S/C22H22N2O3S/c1-28(26,27)24(20-15-9-4-10-16-20)17-21(25)23-22(18-11-5-2-6-12-18)19-13-7-3-8-14-19/h2-16,22H,17H2,1H3,(H,23,25). The molecule has 0 saturated heterocycles. The number of nitrogens with one attached hydrogen (secondary N) is 1. The van der Waals surface area contributed by atoms with Crippen LogP contribution in [-0.2, 0) is 14.8 Å². The van der Waals surface area contributed by atoms with E-state index < -0.39 is 10.0 Å². The van der Waals surface area contributed by atoms with Crippen molar-refractivity contribution in [1.29, 1.82) is 0 Å². The number of hydrogen-bond acceptors (Lipinski definition) is 3. The number of sulfonamides is 1. The molecule has 0 aliphatic carbocycles. The fourth-order valence-electron chi connectivity index (χ4n) is 2.98. The van der Waals surface area contributed by atoms with Gasteiger partial charge in [-0.15, -0.1) is 0 Å². The van der Waals surface area contributed by atoms with Crippen molar-refractivity contribution >= 4 is 21.6 Å². The van der Waals surface area contributed by atoms with Crippen molar-refractivity contribution in [2.45, 2.75) is 6.04 Å². The lowest BCUT2D eigenvalue weighted by Crippen LogP contribution is -2.41. The average molecular weight is 394 g/mol. The third kappa shape index (κ3) is 4.98. The highest BCUT2D eigenvalue weighted by Crippen LogP contribution is 2.22. The lowest BCUT2D eigenvalue weighted by Gasteiger charge is -2.24. The summed E-state index contributed by atoms with van der Waals surface area (Å²) < 4.78 is 25.6. The molecular formula is C22H22N2O3S. The van der Waals surface area contributed by atoms with Crippen LogP contribution in [0.5, 0.6) is 0 Å². The monoisotopic (exact) mass is 394 g/mol. The van der Waals surface area contributed by atoms with Gasteiger partial charge in [0.15, 0.2) is 0 Å². The van der Waals surface area contributed by atoms with E-state index in [9.17, 15) is 13.2 Å². The Morgan fingerprint density at radius 1 is 0.821 bits per heavy atom. The molecule has 0 spiro atoms. The number of hydrogen-bond donors (Lipinski definition) is 1. The predicted molar refractivity (Wildman–Crippen MR) is 112 cm³/mol. The van der Waals surface area contributed by atoms with Crippen LogP contribution in [0.25, 0.3) is 0 Å². The molecule has 1 N–H and O–H groups in total. The molecule has 3 aromatic carbocycles. The number of benzene rings is 3. The molecule has 0 aromatic heterocycles. The number of amides is 1. The molecule has 0 radical (unpaired) electrons. The first-order chi connectivity index (χ1) is 13.4. The van der Waals surface area contributed by atoms with Crippen molar-refractivity contribution in [1.82, 2.24) is 5.32 Å². The van der Waals surface area contributed by atoms with Gasteiger partial charge in [-0.1, -0.05) is 78.9 Å². The fraction of sp³-hybridized carbons (Fsp3) is 0.136. The zero-order chi connectivity index (χ0) is 20.0. The lowest BCUT2D eigenvalue weighted by molar-refractivity contribution is -0.120. The summed E-state index contributed by atoms with van der Waals surface area (Å²) in [5, 5.41) is 2.98. The molecule has 144 valence electrons. The number of para-hydroxylation sites is 1. The molecule has 0 aliphatic rings. The first kappa shape index (κ1) is 19.6. The average Bonchev–Trinajstić information content (AvgIpc) is 2.71. The number of carbonyl (C=O) groups is 1. The normalized spacial score (nSPS) is 11.2. The van der Waals surface area contributed by atoms with Crippen LogP contribution in [0.3, 0.4) is 0 Å². The van der Waals surface area contributed by atoms with Gasteiger partial charge in [0, 0.05) is 0 Å². The second-order valence-electron chi connectivity index (χ2n) is 6.43. The third-order valence-corrected chi connectivity index (χ3v) is 5.44. The van der Waals surface area contributed by atoms with E-state index in [1.165, 1.54) is 0 Å². The molecule has 0 atom stereocenters. The van der Waals surface area contributed by atoms with Gasteiger partial charge in [0.05, 0.1) is 18.0 Å². The molecule has 28 heavy (non-hydrogen) atoms. The fourth-order valence-corrected chi connectivity index (χ4v) is 3.84. The minimum atomic E-state index is -3.61. The zero-order valence-corrected chi connectivity index (χ0v) is 16.3. The zero-order valence-electron chi connectivity index (χ0n) is 15.5. The van der Waals surface area contributed by atoms with Crippen molar-refractivity contribution in [2.75, 3.05) is 17.1 Å². The largest absolute Gasteiger partial charge is 0.344 e. The van der Waals surface area contributed by atoms with Crippen LogP contribution in [0.4, 0.5) is 5.69 Å². The molecule has 0 aliphatic heterocycles. The van der Waals surface area contributed by atoms with Gasteiger partial charge in [0.1, 0.15) is 6.54 Å². The second-order valence-corrected chi connectivity index (χ2v) is 8.33. The summed E-state index contributed by atoms with van der Waals surface area (Å²) in [5.41, 5.74) is 2.30. The highest BCUT2D eigenvalue weighted by molar-refractivity contribution is 7.92. The Bertz CT molecular complexity index is 968. The minimum absolute atomic E-state index is 0.293. The Morgan fingerprint density at radius 2 is 1.25 bits per heavy atom. The van der Waals surface area contributed by atoms with Crippen LogP contribution in [0.15, 0.2) is 91.0 Å². The Morgan fingerprint density at radius 3 is 1.68 bits per heavy atom. The molecule has 0 fully saturated rings. The van der Waals surface area contributed by atoms with Gasteiger partial charge < -0.3 is 5.32 Å². The molecule has 0 saturated carbocycles. The number of anilines is 1. The maximum absolute atomic E-state index is 12.8. The van der Waals surface area contributed by atoms with Crippen LogP contribution < -0.4 is 9.62 Å². The minimum Gasteiger partial charge on any atom is -0.344 e. The SMILES string of the molecule is CS(=O)(=O)N(CC(=O)NC(c1ccccc1)c1ccccc1)c1ccccc1. The smallest absolute Gasteiger partial charge is 0.241 e. The number of nitrogens with zero attached hydrogens (tertiary/aromatic N) is 1. The van der Waals surface area contributed by atoms with Gasteiger partial charge in [0.2, 0.25) is 15.9 Å². The third-order valence-electron chi connectivity index (χ3n) is 4.30. The molecule has 0 bridgehead atoms. The number of carbonyl (C=O) groups excluding carboxylic acids is 1. The van der Waals surface area contributed by atoms with E-state index in [0.717, 1.165) is 21.7 Å². The van der Waals surface area contributed by atoms with Crippen molar-refractivity contribution in [3.8, 4) is 0 Å². The van der Waals surface area contributed by atoms with Gasteiger partial charge in [0.25, 0.3) is 0 Å². The quantitative estimate of drug-likeness (QED) is 0.668. The van der Waals surface area contributed by atoms with E-state index in [-0.39, 0.29) is 18.5 Å². The summed E-state index contributed by atoms with van der Waals surface area (Å²) in [6.45, 7) is -0.293. The Labute approximate surface area is 165 Å². The summed E-state index contributed by atoms with van der Waals surface area (Å²) in [6, 6.07) is 27.4. The van der Waals surface area contributed by atoms with Gasteiger partial charge in [-0.3, -0.25) is 9.10 Å². The van der Waals surface area contributed by atoms with Crippen LogP contribution in [0.2, 0.25) is 0 Å². The van der Waals surface area contributed by atoms with E-state index in [0.29, 0.717) is 5.69 Å². The van der Waals surface area contributed by atoms with Crippen molar-refractivity contribution in [3.05, 3.63) is 102 Å². The Hall–Kier alpha value is -3.12. The first-order valence-corrected chi connectivity index (χ1v) is 10.7. The van der Waals surface area contributed by atoms with E-state index in [1.54, 1.807) is 30.3 Å². The maximum Gasteiger partial charge on any atom is 0.241 e. The van der Waals surface area contributed by atoms with Crippen LogP contribution >= 0.6 is 0 Å². The second kappa shape index (κ2) is 8.71. The molecule has 5 nitrogen and oxygen atoms in total. The molecule has 0 unspecified atom stereocenters. The highest BCUT2D eigenvalue weighted by atomic mass is 32.2. The van der Waals surface area contributed by atoms with Gasteiger partial charge >= 0.3 is 0 Å². The molecule has 6 heteroatoms. The first-order valence-electron chi connectivity index (χ1n) is 8.87. The maximum atomic E-state index is 12.8. The highest BCUT2D eigenvalue weighted by Gasteiger charge is 2.23. The molecule has 1 amide bonds.